The van der Waals surface area contributed by atoms with Gasteiger partial charge in [-0.25, -0.2) is 0 Å². The van der Waals surface area contributed by atoms with Crippen LogP contribution in [-0.4, -0.2) is 44.0 Å². The summed E-state index contributed by atoms with van der Waals surface area (Å²) in [6.45, 7) is 1.44. The van der Waals surface area contributed by atoms with Crippen LogP contribution in [-0.2, 0) is 9.59 Å². The monoisotopic (exact) mass is 382 g/mol. The average molecular weight is 384 g/mol. The zero-order chi connectivity index (χ0) is 15.2. The van der Waals surface area contributed by atoms with Gasteiger partial charge in [0.25, 0.3) is 0 Å². The highest BCUT2D eigenvalue weighted by Crippen LogP contribution is 2.23. The minimum Gasteiger partial charge on any atom is -0.369 e. The summed E-state index contributed by atoms with van der Waals surface area (Å²) >= 11 is 5.98. The van der Waals surface area contributed by atoms with Crippen molar-refractivity contribution >= 4 is 53.9 Å². The molecule has 23 heavy (non-hydrogen) atoms. The van der Waals surface area contributed by atoms with E-state index in [0.717, 1.165) is 25.2 Å². The second kappa shape index (κ2) is 10.5. The second-order valence-corrected chi connectivity index (χ2v) is 5.40. The Hall–Kier alpha value is -1.21. The molecular formula is C14H21Cl3N4O2. The summed E-state index contributed by atoms with van der Waals surface area (Å²) < 4.78 is 0. The number of hydrogen-bond donors (Lipinski definition) is 3. The molecule has 1 aliphatic rings. The summed E-state index contributed by atoms with van der Waals surface area (Å²) in [6, 6.07) is 7.73. The van der Waals surface area contributed by atoms with E-state index in [1.807, 2.05) is 24.3 Å². The van der Waals surface area contributed by atoms with Crippen LogP contribution in [0.2, 0.25) is 5.02 Å². The van der Waals surface area contributed by atoms with Gasteiger partial charge in [-0.3, -0.25) is 9.59 Å². The molecule has 1 aliphatic heterocycles. The lowest BCUT2D eigenvalue weighted by Crippen LogP contribution is -2.44. The normalized spacial score (nSPS) is 16.1. The number of nitrogens with two attached hydrogens (primary N) is 1. The molecule has 1 atom stereocenters. The van der Waals surface area contributed by atoms with Crippen LogP contribution in [0.15, 0.2) is 24.3 Å². The fourth-order valence-corrected chi connectivity index (χ4v) is 2.50. The lowest BCUT2D eigenvalue weighted by atomic mass is 10.2. The Balaban J connectivity index is 0.00000242. The molecule has 1 aromatic rings. The summed E-state index contributed by atoms with van der Waals surface area (Å²) in [4.78, 5) is 24.9. The molecule has 1 saturated heterocycles. The first-order chi connectivity index (χ1) is 10.1. The number of anilines is 1. The van der Waals surface area contributed by atoms with Crippen LogP contribution in [0.25, 0.3) is 0 Å². The number of nitrogens with one attached hydrogen (secondary N) is 2. The zero-order valence-electron chi connectivity index (χ0n) is 12.5. The minimum absolute atomic E-state index is 0. The number of nitrogens with zero attached hydrogens (tertiary/aromatic N) is 1. The summed E-state index contributed by atoms with van der Waals surface area (Å²) in [5.74, 6) is -0.535. The molecule has 0 aromatic heterocycles. The van der Waals surface area contributed by atoms with Crippen molar-refractivity contribution in [2.75, 3.05) is 31.1 Å². The lowest BCUT2D eigenvalue weighted by molar-refractivity contribution is -0.125. The SMILES string of the molecule is Cl.Cl.NCC(=O)NCC(=O)NC1CCN(c2cccc(Cl)c2)C1. The minimum atomic E-state index is -0.336. The lowest BCUT2D eigenvalue weighted by Gasteiger charge is -2.19. The maximum atomic E-state index is 11.7. The van der Waals surface area contributed by atoms with Gasteiger partial charge in [-0.15, -0.1) is 24.8 Å². The fourth-order valence-electron chi connectivity index (χ4n) is 2.32. The van der Waals surface area contributed by atoms with E-state index in [-0.39, 0.29) is 55.8 Å². The molecule has 0 radical (unpaired) electrons. The van der Waals surface area contributed by atoms with Gasteiger partial charge in [0.1, 0.15) is 0 Å². The molecule has 0 spiro atoms. The van der Waals surface area contributed by atoms with Crippen molar-refractivity contribution in [3.05, 3.63) is 29.3 Å². The Labute approximate surface area is 152 Å². The van der Waals surface area contributed by atoms with Crippen molar-refractivity contribution in [1.82, 2.24) is 10.6 Å². The molecule has 0 saturated carbocycles. The third kappa shape index (κ3) is 6.83. The fraction of sp³-hybridized carbons (Fsp3) is 0.429. The largest absolute Gasteiger partial charge is 0.369 e. The maximum Gasteiger partial charge on any atom is 0.239 e. The Morgan fingerprint density at radius 1 is 1.30 bits per heavy atom. The summed E-state index contributed by atoms with van der Waals surface area (Å²) in [5.41, 5.74) is 6.21. The van der Waals surface area contributed by atoms with Crippen LogP contribution in [0.1, 0.15) is 6.42 Å². The average Bonchev–Trinajstić information content (AvgIpc) is 2.93. The van der Waals surface area contributed by atoms with E-state index >= 15 is 0 Å². The first-order valence-corrected chi connectivity index (χ1v) is 7.23. The van der Waals surface area contributed by atoms with Gasteiger partial charge < -0.3 is 21.3 Å². The van der Waals surface area contributed by atoms with Crippen molar-refractivity contribution < 1.29 is 9.59 Å². The predicted molar refractivity (Wildman–Crippen MR) is 96.8 cm³/mol. The number of rotatable bonds is 5. The highest BCUT2D eigenvalue weighted by molar-refractivity contribution is 6.30. The number of carbonyl (C=O) groups excluding carboxylic acids is 2. The van der Waals surface area contributed by atoms with Gasteiger partial charge in [-0.1, -0.05) is 17.7 Å². The zero-order valence-corrected chi connectivity index (χ0v) is 14.8. The van der Waals surface area contributed by atoms with Crippen molar-refractivity contribution in [1.29, 1.82) is 0 Å². The van der Waals surface area contributed by atoms with Crippen LogP contribution < -0.4 is 21.3 Å². The first kappa shape index (κ1) is 21.8. The summed E-state index contributed by atoms with van der Waals surface area (Å²) in [6.07, 6.45) is 0.864. The highest BCUT2D eigenvalue weighted by Gasteiger charge is 2.24. The smallest absolute Gasteiger partial charge is 0.239 e. The van der Waals surface area contributed by atoms with Gasteiger partial charge in [-0.05, 0) is 24.6 Å². The molecule has 1 fully saturated rings. The molecule has 130 valence electrons. The molecule has 4 N–H and O–H groups in total. The van der Waals surface area contributed by atoms with Crippen LogP contribution in [0.3, 0.4) is 0 Å². The molecule has 6 nitrogen and oxygen atoms in total. The maximum absolute atomic E-state index is 11.7. The van der Waals surface area contributed by atoms with E-state index in [9.17, 15) is 9.59 Å². The highest BCUT2D eigenvalue weighted by atomic mass is 35.5. The molecule has 2 rings (SSSR count). The third-order valence-electron chi connectivity index (χ3n) is 3.36. The van der Waals surface area contributed by atoms with Gasteiger partial charge in [-0.2, -0.15) is 0 Å². The van der Waals surface area contributed by atoms with Crippen molar-refractivity contribution in [3.8, 4) is 0 Å². The Kier molecular flexibility index (Phi) is 9.99. The predicted octanol–water partition coefficient (Wildman–Crippen LogP) is 0.953. The van der Waals surface area contributed by atoms with Gasteiger partial charge in [0.2, 0.25) is 11.8 Å². The van der Waals surface area contributed by atoms with Crippen molar-refractivity contribution in [3.63, 3.8) is 0 Å². The Morgan fingerprint density at radius 2 is 2.04 bits per heavy atom. The number of hydrogen-bond acceptors (Lipinski definition) is 4. The first-order valence-electron chi connectivity index (χ1n) is 6.85. The number of halogens is 3. The van der Waals surface area contributed by atoms with Crippen LogP contribution >= 0.6 is 36.4 Å². The molecule has 1 heterocycles. The van der Waals surface area contributed by atoms with E-state index in [1.54, 1.807) is 0 Å². The molecular weight excluding hydrogens is 363 g/mol. The topological polar surface area (TPSA) is 87.5 Å². The van der Waals surface area contributed by atoms with Crippen molar-refractivity contribution in [2.45, 2.75) is 12.5 Å². The van der Waals surface area contributed by atoms with E-state index in [4.69, 9.17) is 17.3 Å². The van der Waals surface area contributed by atoms with Crippen molar-refractivity contribution in [2.24, 2.45) is 5.73 Å². The molecule has 9 heteroatoms. The van der Waals surface area contributed by atoms with Gasteiger partial charge in [0, 0.05) is 29.8 Å². The van der Waals surface area contributed by atoms with E-state index in [2.05, 4.69) is 15.5 Å². The number of benzene rings is 1. The van der Waals surface area contributed by atoms with Gasteiger partial charge in [0.05, 0.1) is 13.1 Å². The molecule has 1 aromatic carbocycles. The summed E-state index contributed by atoms with van der Waals surface area (Å²) in [5, 5.41) is 6.05. The third-order valence-corrected chi connectivity index (χ3v) is 3.59. The van der Waals surface area contributed by atoms with Crippen LogP contribution in [0.5, 0.6) is 0 Å². The standard InChI is InChI=1S/C14H19ClN4O2.2ClH/c15-10-2-1-3-12(6-10)19-5-4-11(9-19)18-14(21)8-17-13(20)7-16;;/h1-3,6,11H,4-5,7-9,16H2,(H,17,20)(H,18,21);2*1H. The van der Waals surface area contributed by atoms with E-state index in [0.29, 0.717) is 5.02 Å². The second-order valence-electron chi connectivity index (χ2n) is 4.96. The van der Waals surface area contributed by atoms with Crippen LogP contribution in [0, 0.1) is 0 Å². The van der Waals surface area contributed by atoms with E-state index in [1.165, 1.54) is 0 Å². The van der Waals surface area contributed by atoms with E-state index < -0.39 is 0 Å². The quantitative estimate of drug-likeness (QED) is 0.706. The number of amides is 2. The van der Waals surface area contributed by atoms with Gasteiger partial charge in [0.15, 0.2) is 0 Å². The van der Waals surface area contributed by atoms with Crippen LogP contribution in [0.4, 0.5) is 5.69 Å². The Morgan fingerprint density at radius 3 is 2.70 bits per heavy atom. The molecule has 0 bridgehead atoms. The molecule has 0 aliphatic carbocycles. The summed E-state index contributed by atoms with van der Waals surface area (Å²) in [7, 11) is 0. The molecule has 1 unspecified atom stereocenters. The molecule has 2 amide bonds. The van der Waals surface area contributed by atoms with Gasteiger partial charge >= 0.3 is 0 Å². The number of carbonyl (C=O) groups is 2. The Bertz CT molecular complexity index is 530.